The van der Waals surface area contributed by atoms with E-state index < -0.39 is 34.6 Å². The van der Waals surface area contributed by atoms with Crippen molar-refractivity contribution in [2.75, 3.05) is 0 Å². The van der Waals surface area contributed by atoms with Gasteiger partial charge in [0.25, 0.3) is 0 Å². The molecule has 0 atom stereocenters. The second kappa shape index (κ2) is 8.65. The Balaban J connectivity index is 2.35. The summed E-state index contributed by atoms with van der Waals surface area (Å²) >= 11 is 0. The zero-order chi connectivity index (χ0) is 17.6. The van der Waals surface area contributed by atoms with Crippen LogP contribution in [0.1, 0.15) is 71.3 Å². The van der Waals surface area contributed by atoms with Gasteiger partial charge in [0.05, 0.1) is 0 Å². The van der Waals surface area contributed by atoms with Gasteiger partial charge in [0.15, 0.2) is 23.3 Å². The summed E-state index contributed by atoms with van der Waals surface area (Å²) in [5.74, 6) is -9.22. The number of benzene rings is 1. The molecule has 0 fully saturated rings. The predicted molar refractivity (Wildman–Crippen MR) is 81.7 cm³/mol. The van der Waals surface area contributed by atoms with Crippen molar-refractivity contribution in [3.05, 3.63) is 34.6 Å². The van der Waals surface area contributed by atoms with Crippen LogP contribution in [0.2, 0.25) is 0 Å². The van der Waals surface area contributed by atoms with Crippen LogP contribution >= 0.6 is 0 Å². The summed E-state index contributed by atoms with van der Waals surface area (Å²) in [6.45, 7) is 6.57. The van der Waals surface area contributed by atoms with Crippen molar-refractivity contribution < 1.29 is 22.0 Å². The first-order valence-electron chi connectivity index (χ1n) is 8.15. The summed E-state index contributed by atoms with van der Waals surface area (Å²) in [7, 11) is 0. The molecule has 1 rings (SSSR count). The fourth-order valence-electron chi connectivity index (χ4n) is 2.53. The molecule has 0 N–H and O–H groups in total. The van der Waals surface area contributed by atoms with Gasteiger partial charge in [-0.15, -0.1) is 0 Å². The van der Waals surface area contributed by atoms with E-state index in [4.69, 9.17) is 0 Å². The third-order valence-electron chi connectivity index (χ3n) is 3.90. The van der Waals surface area contributed by atoms with Gasteiger partial charge in [-0.2, -0.15) is 0 Å². The first-order valence-corrected chi connectivity index (χ1v) is 8.15. The number of rotatable bonds is 8. The second-order valence-electron chi connectivity index (χ2n) is 7.23. The highest BCUT2D eigenvalue weighted by molar-refractivity contribution is 5.24. The Bertz CT molecular complexity index is 488. The maximum atomic E-state index is 13.5. The molecule has 0 aromatic heterocycles. The van der Waals surface area contributed by atoms with Crippen molar-refractivity contribution in [3.8, 4) is 0 Å². The fraction of sp³-hybridized carbons (Fsp3) is 0.667. The van der Waals surface area contributed by atoms with Gasteiger partial charge in [-0.25, -0.2) is 22.0 Å². The zero-order valence-electron chi connectivity index (χ0n) is 14.0. The number of hydrogen-bond donors (Lipinski definition) is 0. The van der Waals surface area contributed by atoms with Crippen LogP contribution in [0.25, 0.3) is 0 Å². The minimum absolute atomic E-state index is 0.131. The van der Waals surface area contributed by atoms with Crippen LogP contribution < -0.4 is 0 Å². The Morgan fingerprint density at radius 2 is 0.957 bits per heavy atom. The third kappa shape index (κ3) is 6.11. The summed E-state index contributed by atoms with van der Waals surface area (Å²) in [5.41, 5.74) is -0.375. The molecule has 0 heterocycles. The average Bonchev–Trinajstić information content (AvgIpc) is 2.47. The van der Waals surface area contributed by atoms with E-state index in [9.17, 15) is 22.0 Å². The monoisotopic (exact) mass is 336 g/mol. The molecule has 0 aliphatic rings. The predicted octanol–water partition coefficient (Wildman–Crippen LogP) is 6.70. The maximum absolute atomic E-state index is 13.5. The Hall–Kier alpha value is -1.13. The number of hydrogen-bond acceptors (Lipinski definition) is 0. The topological polar surface area (TPSA) is 0 Å². The summed E-state index contributed by atoms with van der Waals surface area (Å²) in [5, 5.41) is 0. The normalized spacial score (nSPS) is 12.0. The van der Waals surface area contributed by atoms with Crippen molar-refractivity contribution in [2.24, 2.45) is 5.41 Å². The summed E-state index contributed by atoms with van der Waals surface area (Å²) in [6, 6.07) is 0. The molecule has 132 valence electrons. The first-order chi connectivity index (χ1) is 10.6. The summed E-state index contributed by atoms with van der Waals surface area (Å²) < 4.78 is 66.0. The molecule has 0 aliphatic heterocycles. The minimum Gasteiger partial charge on any atom is -0.203 e. The molecular formula is C18H25F5. The molecule has 1 aromatic rings. The molecule has 0 spiro atoms. The van der Waals surface area contributed by atoms with Crippen LogP contribution in [-0.4, -0.2) is 0 Å². The maximum Gasteiger partial charge on any atom is 0.200 e. The molecule has 0 saturated carbocycles. The van der Waals surface area contributed by atoms with Crippen LogP contribution in [-0.2, 0) is 6.42 Å². The van der Waals surface area contributed by atoms with Gasteiger partial charge >= 0.3 is 0 Å². The van der Waals surface area contributed by atoms with Crippen molar-refractivity contribution in [1.29, 1.82) is 0 Å². The first kappa shape index (κ1) is 19.9. The van der Waals surface area contributed by atoms with E-state index in [2.05, 4.69) is 20.8 Å². The van der Waals surface area contributed by atoms with Gasteiger partial charge in [0.1, 0.15) is 0 Å². The lowest BCUT2D eigenvalue weighted by atomic mass is 9.89. The second-order valence-corrected chi connectivity index (χ2v) is 7.23. The Morgan fingerprint density at radius 3 is 1.43 bits per heavy atom. The zero-order valence-corrected chi connectivity index (χ0v) is 14.0. The minimum atomic E-state index is -2.09. The lowest BCUT2D eigenvalue weighted by molar-refractivity contribution is 0.356. The molecule has 0 saturated heterocycles. The molecule has 0 aliphatic carbocycles. The van der Waals surface area contributed by atoms with Crippen molar-refractivity contribution in [2.45, 2.75) is 72.1 Å². The van der Waals surface area contributed by atoms with Crippen LogP contribution in [0, 0.1) is 34.5 Å². The van der Waals surface area contributed by atoms with Crippen molar-refractivity contribution >= 4 is 0 Å². The van der Waals surface area contributed by atoms with Gasteiger partial charge in [0, 0.05) is 5.56 Å². The molecule has 5 heteroatoms. The number of unbranched alkanes of at least 4 members (excludes halogenated alkanes) is 5. The van der Waals surface area contributed by atoms with Gasteiger partial charge in [-0.3, -0.25) is 0 Å². The summed E-state index contributed by atoms with van der Waals surface area (Å²) in [6.07, 6.45) is 6.31. The Labute approximate surface area is 135 Å². The molecule has 1 aromatic carbocycles. The largest absolute Gasteiger partial charge is 0.203 e. The van der Waals surface area contributed by atoms with E-state index >= 15 is 0 Å². The smallest absolute Gasteiger partial charge is 0.200 e. The lowest BCUT2D eigenvalue weighted by Crippen LogP contribution is -2.07. The van der Waals surface area contributed by atoms with Crippen LogP contribution in [0.5, 0.6) is 0 Å². The van der Waals surface area contributed by atoms with Crippen molar-refractivity contribution in [3.63, 3.8) is 0 Å². The molecule has 23 heavy (non-hydrogen) atoms. The quantitative estimate of drug-likeness (QED) is 0.214. The Kier molecular flexibility index (Phi) is 7.49. The molecule has 0 bridgehead atoms. The lowest BCUT2D eigenvalue weighted by Gasteiger charge is -2.17. The molecule has 0 nitrogen and oxygen atoms in total. The van der Waals surface area contributed by atoms with Gasteiger partial charge in [-0.05, 0) is 24.7 Å². The van der Waals surface area contributed by atoms with E-state index in [1.165, 1.54) is 0 Å². The fourth-order valence-corrected chi connectivity index (χ4v) is 2.53. The highest BCUT2D eigenvalue weighted by Crippen LogP contribution is 2.25. The van der Waals surface area contributed by atoms with E-state index in [1.807, 2.05) is 0 Å². The van der Waals surface area contributed by atoms with Crippen molar-refractivity contribution in [1.82, 2.24) is 0 Å². The van der Waals surface area contributed by atoms with E-state index in [0.717, 1.165) is 38.5 Å². The van der Waals surface area contributed by atoms with Gasteiger partial charge in [0.2, 0.25) is 5.82 Å². The third-order valence-corrected chi connectivity index (χ3v) is 3.90. The van der Waals surface area contributed by atoms with Crippen LogP contribution in [0.4, 0.5) is 22.0 Å². The highest BCUT2D eigenvalue weighted by Gasteiger charge is 2.24. The molecular weight excluding hydrogens is 311 g/mol. The SMILES string of the molecule is CC(C)(C)CCCCCCCCc1c(F)c(F)c(F)c(F)c1F. The Morgan fingerprint density at radius 1 is 0.565 bits per heavy atom. The van der Waals surface area contributed by atoms with E-state index in [0.29, 0.717) is 11.8 Å². The molecule has 0 radical (unpaired) electrons. The molecule has 0 amide bonds. The van der Waals surface area contributed by atoms with Gasteiger partial charge in [-0.1, -0.05) is 52.9 Å². The average molecular weight is 336 g/mol. The van der Waals surface area contributed by atoms with E-state index in [-0.39, 0.29) is 6.42 Å². The molecule has 0 unspecified atom stereocenters. The van der Waals surface area contributed by atoms with E-state index in [1.54, 1.807) is 0 Å². The van der Waals surface area contributed by atoms with Crippen LogP contribution in [0.3, 0.4) is 0 Å². The van der Waals surface area contributed by atoms with Crippen LogP contribution in [0.15, 0.2) is 0 Å². The van der Waals surface area contributed by atoms with Gasteiger partial charge < -0.3 is 0 Å². The highest BCUT2D eigenvalue weighted by atomic mass is 19.2. The standard InChI is InChI=1S/C18H25F5/c1-18(2,3)11-9-7-5-4-6-8-10-12-13(19)15(21)17(23)16(22)14(12)20/h4-11H2,1-3H3. The number of halogens is 5. The summed E-state index contributed by atoms with van der Waals surface area (Å²) in [4.78, 5) is 0.